The first-order valence-electron chi connectivity index (χ1n) is 11.0. The van der Waals surface area contributed by atoms with E-state index in [0.29, 0.717) is 47.0 Å². The fraction of sp³-hybridized carbons (Fsp3) is 0.348. The van der Waals surface area contributed by atoms with Crippen molar-refractivity contribution < 1.29 is 24.1 Å². The highest BCUT2D eigenvalue weighted by Crippen LogP contribution is 2.31. The Morgan fingerprint density at radius 3 is 2.74 bits per heavy atom. The predicted octanol–water partition coefficient (Wildman–Crippen LogP) is 3.45. The van der Waals surface area contributed by atoms with Crippen LogP contribution in [0.5, 0.6) is 17.2 Å². The van der Waals surface area contributed by atoms with Crippen LogP contribution in [0.1, 0.15) is 30.1 Å². The molecule has 0 aliphatic carbocycles. The van der Waals surface area contributed by atoms with Crippen molar-refractivity contribution in [3.63, 3.8) is 0 Å². The summed E-state index contributed by atoms with van der Waals surface area (Å²) in [6, 6.07) is 9.30. The van der Waals surface area contributed by atoms with E-state index in [-0.39, 0.29) is 36.3 Å². The minimum absolute atomic E-state index is 0.0131. The molecule has 1 aliphatic heterocycles. The molecule has 1 fully saturated rings. The van der Waals surface area contributed by atoms with E-state index in [9.17, 15) is 24.1 Å². The molecule has 1 saturated heterocycles. The SMILES string of the molecule is Oc1ccc(CNc2nc3c(O)cccc3c3nc(C4CCCN(CC(F)F)C4)nn23)c(O)c1. The molecule has 2 aromatic carbocycles. The summed E-state index contributed by atoms with van der Waals surface area (Å²) < 4.78 is 27.4. The molecule has 0 radical (unpaired) electrons. The number of likely N-dealkylation sites (tertiary alicyclic amines) is 1. The number of halogens is 2. The van der Waals surface area contributed by atoms with E-state index in [0.717, 1.165) is 12.8 Å². The highest BCUT2D eigenvalue weighted by atomic mass is 19.3. The summed E-state index contributed by atoms with van der Waals surface area (Å²) >= 11 is 0. The molecular weight excluding hydrogens is 446 g/mol. The first-order chi connectivity index (χ1) is 16.4. The first kappa shape index (κ1) is 22.1. The van der Waals surface area contributed by atoms with Crippen molar-refractivity contribution >= 4 is 22.5 Å². The normalized spacial score (nSPS) is 17.1. The molecule has 4 aromatic rings. The van der Waals surface area contributed by atoms with Crippen LogP contribution in [0.4, 0.5) is 14.7 Å². The molecule has 11 heteroatoms. The van der Waals surface area contributed by atoms with Crippen LogP contribution in [-0.2, 0) is 6.54 Å². The molecular formula is C23H24F2N6O3. The molecule has 0 spiro atoms. The van der Waals surface area contributed by atoms with Crippen LogP contribution in [0.2, 0.25) is 0 Å². The molecule has 4 N–H and O–H groups in total. The van der Waals surface area contributed by atoms with E-state index in [2.05, 4.69) is 15.4 Å². The molecule has 3 heterocycles. The van der Waals surface area contributed by atoms with Gasteiger partial charge in [0, 0.05) is 36.0 Å². The van der Waals surface area contributed by atoms with E-state index >= 15 is 0 Å². The quantitative estimate of drug-likeness (QED) is 0.338. The lowest BCUT2D eigenvalue weighted by molar-refractivity contribution is 0.0731. The molecule has 9 nitrogen and oxygen atoms in total. The maximum atomic E-state index is 12.9. The van der Waals surface area contributed by atoms with Gasteiger partial charge in [0.15, 0.2) is 11.5 Å². The Morgan fingerprint density at radius 1 is 1.09 bits per heavy atom. The molecule has 2 aromatic heterocycles. The van der Waals surface area contributed by atoms with Crippen molar-refractivity contribution in [2.24, 2.45) is 0 Å². The van der Waals surface area contributed by atoms with Crippen molar-refractivity contribution in [3.8, 4) is 17.2 Å². The number of fused-ring (bicyclic) bond motifs is 3. The van der Waals surface area contributed by atoms with Crippen molar-refractivity contribution in [1.29, 1.82) is 0 Å². The maximum absolute atomic E-state index is 12.9. The van der Waals surface area contributed by atoms with Crippen molar-refractivity contribution in [1.82, 2.24) is 24.5 Å². The molecule has 1 atom stereocenters. The van der Waals surface area contributed by atoms with Gasteiger partial charge in [-0.15, -0.1) is 5.10 Å². The highest BCUT2D eigenvalue weighted by Gasteiger charge is 2.27. The van der Waals surface area contributed by atoms with E-state index in [4.69, 9.17) is 4.98 Å². The van der Waals surface area contributed by atoms with E-state index in [1.165, 1.54) is 18.2 Å². The fourth-order valence-electron chi connectivity index (χ4n) is 4.42. The van der Waals surface area contributed by atoms with Gasteiger partial charge < -0.3 is 20.6 Å². The van der Waals surface area contributed by atoms with Gasteiger partial charge >= 0.3 is 0 Å². The van der Waals surface area contributed by atoms with Crippen molar-refractivity contribution in [2.75, 3.05) is 25.0 Å². The smallest absolute Gasteiger partial charge is 0.251 e. The van der Waals surface area contributed by atoms with Crippen molar-refractivity contribution in [3.05, 3.63) is 47.8 Å². The van der Waals surface area contributed by atoms with Gasteiger partial charge in [-0.3, -0.25) is 4.90 Å². The largest absolute Gasteiger partial charge is 0.508 e. The fourth-order valence-corrected chi connectivity index (χ4v) is 4.42. The number of piperidine rings is 1. The maximum Gasteiger partial charge on any atom is 0.251 e. The van der Waals surface area contributed by atoms with Gasteiger partial charge in [-0.2, -0.15) is 4.52 Å². The van der Waals surface area contributed by atoms with Crippen LogP contribution < -0.4 is 5.32 Å². The Labute approximate surface area is 193 Å². The van der Waals surface area contributed by atoms with Gasteiger partial charge in [-0.25, -0.2) is 18.7 Å². The van der Waals surface area contributed by atoms with Crippen LogP contribution in [0, 0.1) is 0 Å². The van der Waals surface area contributed by atoms with Crippen molar-refractivity contribution in [2.45, 2.75) is 31.7 Å². The number of hydrogen-bond acceptors (Lipinski definition) is 8. The van der Waals surface area contributed by atoms with Gasteiger partial charge in [-0.1, -0.05) is 6.07 Å². The zero-order chi connectivity index (χ0) is 23.8. The summed E-state index contributed by atoms with van der Waals surface area (Å²) in [5.41, 5.74) is 1.36. The number of alkyl halides is 2. The molecule has 1 aliphatic rings. The van der Waals surface area contributed by atoms with Gasteiger partial charge in [0.05, 0.1) is 6.54 Å². The van der Waals surface area contributed by atoms with Crippen LogP contribution in [0.15, 0.2) is 36.4 Å². The van der Waals surface area contributed by atoms with Crippen LogP contribution in [-0.4, -0.2) is 65.9 Å². The molecule has 5 rings (SSSR count). The van der Waals surface area contributed by atoms with E-state index < -0.39 is 6.43 Å². The Bertz CT molecular complexity index is 1350. The van der Waals surface area contributed by atoms with E-state index in [1.807, 2.05) is 0 Å². The number of hydrogen-bond donors (Lipinski definition) is 4. The predicted molar refractivity (Wildman–Crippen MR) is 121 cm³/mol. The van der Waals surface area contributed by atoms with Gasteiger partial charge in [0.2, 0.25) is 5.95 Å². The lowest BCUT2D eigenvalue weighted by Gasteiger charge is -2.30. The number of aromatic hydroxyl groups is 3. The summed E-state index contributed by atoms with van der Waals surface area (Å²) in [6.45, 7) is 0.969. The van der Waals surface area contributed by atoms with E-state index in [1.54, 1.807) is 27.6 Å². The number of rotatable bonds is 6. The second kappa shape index (κ2) is 8.90. The number of phenols is 3. The zero-order valence-corrected chi connectivity index (χ0v) is 18.2. The second-order valence-electron chi connectivity index (χ2n) is 8.47. The Hall–Kier alpha value is -3.73. The average molecular weight is 470 g/mol. The van der Waals surface area contributed by atoms with Gasteiger partial charge in [0.25, 0.3) is 6.43 Å². The number of para-hydroxylation sites is 1. The molecule has 34 heavy (non-hydrogen) atoms. The minimum atomic E-state index is -2.39. The summed E-state index contributed by atoms with van der Waals surface area (Å²) in [7, 11) is 0. The molecule has 1 unspecified atom stereocenters. The molecule has 178 valence electrons. The zero-order valence-electron chi connectivity index (χ0n) is 18.2. The third kappa shape index (κ3) is 4.26. The molecule has 0 bridgehead atoms. The monoisotopic (exact) mass is 470 g/mol. The second-order valence-corrected chi connectivity index (χ2v) is 8.47. The third-order valence-electron chi connectivity index (χ3n) is 6.07. The van der Waals surface area contributed by atoms with Gasteiger partial charge in [-0.05, 0) is 43.7 Å². The average Bonchev–Trinajstić information content (AvgIpc) is 3.25. The minimum Gasteiger partial charge on any atom is -0.508 e. The number of nitrogens with one attached hydrogen (secondary N) is 1. The summed E-state index contributed by atoms with van der Waals surface area (Å²) in [5.74, 6) is 0.594. The summed E-state index contributed by atoms with van der Waals surface area (Å²) in [4.78, 5) is 11.0. The number of phenolic OH excluding ortho intramolecular Hbond substituents is 3. The van der Waals surface area contributed by atoms with Crippen LogP contribution in [0.3, 0.4) is 0 Å². The molecule has 0 amide bonds. The number of anilines is 1. The number of nitrogens with zero attached hydrogens (tertiary/aromatic N) is 5. The Balaban J connectivity index is 1.53. The third-order valence-corrected chi connectivity index (χ3v) is 6.07. The first-order valence-corrected chi connectivity index (χ1v) is 11.0. The lowest BCUT2D eigenvalue weighted by Crippen LogP contribution is -2.37. The van der Waals surface area contributed by atoms with Crippen LogP contribution in [0.25, 0.3) is 16.6 Å². The van der Waals surface area contributed by atoms with Crippen LogP contribution >= 0.6 is 0 Å². The highest BCUT2D eigenvalue weighted by molar-refractivity contribution is 5.95. The number of aromatic nitrogens is 4. The lowest BCUT2D eigenvalue weighted by atomic mass is 9.97. The standard InChI is InChI=1S/C23H24F2N6O3/c24-19(25)12-30-8-2-3-14(11-30)21-28-22-16-4-1-5-17(33)20(16)27-23(31(22)29-21)26-10-13-6-7-15(32)9-18(13)34/h1,4-7,9,14,19,32-34H,2-3,8,10-12H2,(H,26,27). The molecule has 0 saturated carbocycles. The number of benzene rings is 2. The Kier molecular flexibility index (Phi) is 5.78. The van der Waals surface area contributed by atoms with Gasteiger partial charge in [0.1, 0.15) is 22.8 Å². The summed E-state index contributed by atoms with van der Waals surface area (Å²) in [6.07, 6.45) is -0.828. The summed E-state index contributed by atoms with van der Waals surface area (Å²) in [5, 5.41) is 38.4. The topological polar surface area (TPSA) is 119 Å². The Morgan fingerprint density at radius 2 is 1.94 bits per heavy atom.